The van der Waals surface area contributed by atoms with E-state index in [1.807, 2.05) is 0 Å². The van der Waals surface area contributed by atoms with Crippen LogP contribution in [0.15, 0.2) is 77.7 Å². The summed E-state index contributed by atoms with van der Waals surface area (Å²) in [6.07, 6.45) is 0. The van der Waals surface area contributed by atoms with Crippen molar-refractivity contribution in [2.75, 3.05) is 30.4 Å². The lowest BCUT2D eigenvalue weighted by Crippen LogP contribution is -2.38. The lowest BCUT2D eigenvalue weighted by Gasteiger charge is -2.24. The fourth-order valence-electron chi connectivity index (χ4n) is 2.88. The van der Waals surface area contributed by atoms with Crippen LogP contribution in [0.3, 0.4) is 0 Å². The van der Waals surface area contributed by atoms with Gasteiger partial charge in [-0.3, -0.25) is 9.10 Å². The molecule has 3 aromatic carbocycles. The summed E-state index contributed by atoms with van der Waals surface area (Å²) in [5.74, 6) is 0.388. The molecule has 0 saturated heterocycles. The van der Waals surface area contributed by atoms with E-state index in [2.05, 4.69) is 5.32 Å². The Morgan fingerprint density at radius 1 is 0.968 bits per heavy atom. The number of anilines is 2. The van der Waals surface area contributed by atoms with Crippen molar-refractivity contribution in [1.29, 1.82) is 0 Å². The quantitative estimate of drug-likeness (QED) is 0.544. The number of hydrogen-bond acceptors (Lipinski definition) is 5. The predicted octanol–water partition coefficient (Wildman–Crippen LogP) is 4.19. The highest BCUT2D eigenvalue weighted by Crippen LogP contribution is 2.29. The van der Waals surface area contributed by atoms with Gasteiger partial charge < -0.3 is 14.8 Å². The largest absolute Gasteiger partial charge is 0.497 e. The van der Waals surface area contributed by atoms with E-state index in [1.165, 1.54) is 38.5 Å². The molecule has 162 valence electrons. The van der Waals surface area contributed by atoms with Crippen molar-refractivity contribution in [2.24, 2.45) is 0 Å². The van der Waals surface area contributed by atoms with Crippen molar-refractivity contribution < 1.29 is 22.7 Å². The molecular formula is C22H21ClN2O5S. The summed E-state index contributed by atoms with van der Waals surface area (Å²) >= 11 is 5.89. The second-order valence-electron chi connectivity index (χ2n) is 6.42. The zero-order valence-corrected chi connectivity index (χ0v) is 18.5. The van der Waals surface area contributed by atoms with E-state index in [0.717, 1.165) is 4.31 Å². The average molecular weight is 461 g/mol. The van der Waals surface area contributed by atoms with Crippen LogP contribution in [0.2, 0.25) is 5.02 Å². The summed E-state index contributed by atoms with van der Waals surface area (Å²) in [7, 11) is -1.05. The first kappa shape index (κ1) is 22.5. The molecule has 0 bridgehead atoms. The van der Waals surface area contributed by atoms with Crippen LogP contribution in [0.4, 0.5) is 11.4 Å². The first-order valence-electron chi connectivity index (χ1n) is 9.20. The number of carbonyl (C=O) groups excluding carboxylic acids is 1. The number of nitrogens with one attached hydrogen (secondary N) is 1. The Labute approximate surface area is 186 Å². The number of amides is 1. The molecule has 0 unspecified atom stereocenters. The van der Waals surface area contributed by atoms with Crippen molar-refractivity contribution in [3.63, 3.8) is 0 Å². The molecule has 0 spiro atoms. The van der Waals surface area contributed by atoms with E-state index >= 15 is 0 Å². The van der Waals surface area contributed by atoms with Crippen molar-refractivity contribution in [1.82, 2.24) is 0 Å². The normalized spacial score (nSPS) is 10.9. The van der Waals surface area contributed by atoms with Crippen LogP contribution in [-0.2, 0) is 14.8 Å². The van der Waals surface area contributed by atoms with Gasteiger partial charge in [0.05, 0.1) is 30.5 Å². The number of rotatable bonds is 8. The minimum absolute atomic E-state index is 0.0208. The molecule has 0 saturated carbocycles. The highest BCUT2D eigenvalue weighted by molar-refractivity contribution is 7.92. The standard InChI is InChI=1S/C22H21ClN2O5S/c1-29-18-10-13-21(30-2)20(14-18)24-22(26)15-25(17-6-4-3-5-7-17)31(27,28)19-11-8-16(23)9-12-19/h3-14H,15H2,1-2H3,(H,24,26). The third-order valence-electron chi connectivity index (χ3n) is 4.41. The highest BCUT2D eigenvalue weighted by Gasteiger charge is 2.27. The minimum Gasteiger partial charge on any atom is -0.497 e. The van der Waals surface area contributed by atoms with E-state index < -0.39 is 22.5 Å². The second-order valence-corrected chi connectivity index (χ2v) is 8.71. The molecule has 31 heavy (non-hydrogen) atoms. The fourth-order valence-corrected chi connectivity index (χ4v) is 4.42. The fraction of sp³-hybridized carbons (Fsp3) is 0.136. The molecule has 1 N–H and O–H groups in total. The number of ether oxygens (including phenoxy) is 2. The minimum atomic E-state index is -4.03. The molecule has 3 rings (SSSR count). The Bertz CT molecular complexity index is 1150. The van der Waals surface area contributed by atoms with E-state index in [4.69, 9.17) is 21.1 Å². The maximum atomic E-state index is 13.3. The summed E-state index contributed by atoms with van der Waals surface area (Å²) in [5, 5.41) is 3.11. The van der Waals surface area contributed by atoms with Gasteiger partial charge in [-0.15, -0.1) is 0 Å². The molecule has 0 aliphatic heterocycles. The maximum absolute atomic E-state index is 13.3. The summed E-state index contributed by atoms with van der Waals surface area (Å²) in [5.41, 5.74) is 0.717. The number of para-hydroxylation sites is 1. The Balaban J connectivity index is 1.93. The number of benzene rings is 3. The van der Waals surface area contributed by atoms with Crippen molar-refractivity contribution in [2.45, 2.75) is 4.90 Å². The Hall–Kier alpha value is -3.23. The van der Waals surface area contributed by atoms with E-state index in [-0.39, 0.29) is 4.90 Å². The maximum Gasteiger partial charge on any atom is 0.264 e. The van der Waals surface area contributed by atoms with Crippen LogP contribution in [-0.4, -0.2) is 35.1 Å². The predicted molar refractivity (Wildman–Crippen MR) is 121 cm³/mol. The van der Waals surface area contributed by atoms with Gasteiger partial charge >= 0.3 is 0 Å². The van der Waals surface area contributed by atoms with Gasteiger partial charge in [-0.05, 0) is 48.5 Å². The number of sulfonamides is 1. The third kappa shape index (κ3) is 5.28. The lowest BCUT2D eigenvalue weighted by atomic mass is 10.2. The van der Waals surface area contributed by atoms with Gasteiger partial charge in [-0.2, -0.15) is 0 Å². The van der Waals surface area contributed by atoms with Crippen molar-refractivity contribution in [3.05, 3.63) is 77.8 Å². The molecule has 0 atom stereocenters. The number of nitrogens with zero attached hydrogens (tertiary/aromatic N) is 1. The van der Waals surface area contributed by atoms with Crippen LogP contribution in [0.5, 0.6) is 11.5 Å². The average Bonchev–Trinajstić information content (AvgIpc) is 2.78. The van der Waals surface area contributed by atoms with Crippen LogP contribution >= 0.6 is 11.6 Å². The molecule has 3 aromatic rings. The summed E-state index contributed by atoms with van der Waals surface area (Å²) < 4.78 is 38.1. The lowest BCUT2D eigenvalue weighted by molar-refractivity contribution is -0.114. The first-order valence-corrected chi connectivity index (χ1v) is 11.0. The van der Waals surface area contributed by atoms with Gasteiger partial charge in [0.15, 0.2) is 0 Å². The Morgan fingerprint density at radius 3 is 2.26 bits per heavy atom. The molecule has 0 fully saturated rings. The Morgan fingerprint density at radius 2 is 1.65 bits per heavy atom. The van der Waals surface area contributed by atoms with Crippen molar-refractivity contribution >= 4 is 38.9 Å². The van der Waals surface area contributed by atoms with Gasteiger partial charge in [0.2, 0.25) is 5.91 Å². The molecule has 0 aliphatic carbocycles. The molecule has 0 radical (unpaired) electrons. The molecule has 7 nitrogen and oxygen atoms in total. The zero-order valence-electron chi connectivity index (χ0n) is 16.9. The van der Waals surface area contributed by atoms with Gasteiger partial charge in [0.1, 0.15) is 18.0 Å². The van der Waals surface area contributed by atoms with Gasteiger partial charge in [-0.1, -0.05) is 29.8 Å². The topological polar surface area (TPSA) is 84.9 Å². The molecule has 1 amide bonds. The SMILES string of the molecule is COc1ccc(OC)c(NC(=O)CN(c2ccccc2)S(=O)(=O)c2ccc(Cl)cc2)c1. The van der Waals surface area contributed by atoms with Crippen molar-refractivity contribution in [3.8, 4) is 11.5 Å². The van der Waals surface area contributed by atoms with Crippen LogP contribution in [0.25, 0.3) is 0 Å². The number of carbonyl (C=O) groups is 1. The number of methoxy groups -OCH3 is 2. The smallest absolute Gasteiger partial charge is 0.264 e. The molecular weight excluding hydrogens is 440 g/mol. The summed E-state index contributed by atoms with van der Waals surface area (Å²) in [6.45, 7) is -0.449. The highest BCUT2D eigenvalue weighted by atomic mass is 35.5. The van der Waals surface area contributed by atoms with Crippen LogP contribution in [0.1, 0.15) is 0 Å². The van der Waals surface area contributed by atoms with Crippen LogP contribution < -0.4 is 19.1 Å². The molecule has 0 aromatic heterocycles. The van der Waals surface area contributed by atoms with Gasteiger partial charge in [0, 0.05) is 11.1 Å². The molecule has 9 heteroatoms. The van der Waals surface area contributed by atoms with E-state index in [0.29, 0.717) is 27.9 Å². The van der Waals surface area contributed by atoms with Gasteiger partial charge in [0.25, 0.3) is 10.0 Å². The number of halogens is 1. The summed E-state index contributed by atoms with van der Waals surface area (Å²) in [4.78, 5) is 12.9. The number of hydrogen-bond donors (Lipinski definition) is 1. The van der Waals surface area contributed by atoms with Gasteiger partial charge in [-0.25, -0.2) is 8.42 Å². The monoisotopic (exact) mass is 460 g/mol. The molecule has 0 aliphatic rings. The van der Waals surface area contributed by atoms with E-state index in [9.17, 15) is 13.2 Å². The summed E-state index contributed by atoms with van der Waals surface area (Å²) in [6, 6.07) is 19.1. The van der Waals surface area contributed by atoms with E-state index in [1.54, 1.807) is 48.5 Å². The first-order chi connectivity index (χ1) is 14.8. The third-order valence-corrected chi connectivity index (χ3v) is 6.45. The Kier molecular flexibility index (Phi) is 7.04. The molecule has 0 heterocycles. The zero-order chi connectivity index (χ0) is 22.4. The van der Waals surface area contributed by atoms with Crippen LogP contribution in [0, 0.1) is 0 Å². The second kappa shape index (κ2) is 9.72.